The smallest absolute Gasteiger partial charge is 0.161 e. The Morgan fingerprint density at radius 2 is 1.63 bits per heavy atom. The first-order valence-electron chi connectivity index (χ1n) is 8.98. The average Bonchev–Trinajstić information content (AvgIpc) is 2.65. The molecule has 0 aliphatic carbocycles. The Bertz CT molecular complexity index is 893. The number of aryl methyl sites for hydroxylation is 3. The minimum atomic E-state index is 0.683. The number of benzene rings is 2. The van der Waals surface area contributed by atoms with Crippen molar-refractivity contribution in [2.45, 2.75) is 20.8 Å². The van der Waals surface area contributed by atoms with Crippen molar-refractivity contribution in [1.29, 1.82) is 0 Å². The second-order valence-electron chi connectivity index (χ2n) is 6.88. The zero-order chi connectivity index (χ0) is 19.6. The lowest BCUT2D eigenvalue weighted by Gasteiger charge is -2.28. The Labute approximate surface area is 161 Å². The van der Waals surface area contributed by atoms with E-state index in [1.165, 1.54) is 16.7 Å². The highest BCUT2D eigenvalue weighted by molar-refractivity contribution is 6.01. The quantitative estimate of drug-likeness (QED) is 0.882. The highest BCUT2D eigenvalue weighted by atomic mass is 16.5. The maximum absolute atomic E-state index is 5.43. The highest BCUT2D eigenvalue weighted by Crippen LogP contribution is 2.31. The van der Waals surface area contributed by atoms with E-state index in [9.17, 15) is 0 Å². The molecule has 1 aliphatic heterocycles. The Balaban J connectivity index is 2.03. The van der Waals surface area contributed by atoms with Crippen LogP contribution in [-0.4, -0.2) is 38.7 Å². The molecular weight excluding hydrogens is 338 g/mol. The average molecular weight is 365 g/mol. The molecule has 3 rings (SSSR count). The Kier molecular flexibility index (Phi) is 5.40. The van der Waals surface area contributed by atoms with Crippen molar-refractivity contribution in [3.8, 4) is 11.5 Å². The monoisotopic (exact) mass is 365 g/mol. The molecule has 0 radical (unpaired) electrons. The first-order chi connectivity index (χ1) is 12.9. The van der Waals surface area contributed by atoms with Crippen LogP contribution in [0.4, 0.5) is 5.69 Å². The largest absolute Gasteiger partial charge is 0.493 e. The molecule has 0 unspecified atom stereocenters. The summed E-state index contributed by atoms with van der Waals surface area (Å²) in [5, 5.41) is 3.44. The van der Waals surface area contributed by atoms with Gasteiger partial charge in [0.15, 0.2) is 11.5 Å². The van der Waals surface area contributed by atoms with Crippen LogP contribution in [0.5, 0.6) is 11.5 Å². The van der Waals surface area contributed by atoms with Crippen molar-refractivity contribution in [2.24, 2.45) is 4.99 Å². The number of nitrogens with zero attached hydrogens (tertiary/aromatic N) is 2. The van der Waals surface area contributed by atoms with E-state index in [0.29, 0.717) is 12.4 Å². The van der Waals surface area contributed by atoms with E-state index in [1.807, 2.05) is 25.2 Å². The molecule has 0 atom stereocenters. The summed E-state index contributed by atoms with van der Waals surface area (Å²) in [7, 11) is 5.32. The van der Waals surface area contributed by atoms with Crippen LogP contribution < -0.4 is 14.8 Å². The van der Waals surface area contributed by atoms with Crippen LogP contribution in [0.25, 0.3) is 5.70 Å². The fourth-order valence-corrected chi connectivity index (χ4v) is 3.35. The van der Waals surface area contributed by atoms with E-state index in [0.717, 1.165) is 28.5 Å². The van der Waals surface area contributed by atoms with Crippen LogP contribution in [-0.2, 0) is 0 Å². The summed E-state index contributed by atoms with van der Waals surface area (Å²) in [6.07, 6.45) is 2.07. The van der Waals surface area contributed by atoms with Gasteiger partial charge in [-0.05, 0) is 50.1 Å². The van der Waals surface area contributed by atoms with Gasteiger partial charge in [0, 0.05) is 24.4 Å². The van der Waals surface area contributed by atoms with Gasteiger partial charge < -0.3 is 19.7 Å². The third kappa shape index (κ3) is 3.92. The zero-order valence-corrected chi connectivity index (χ0v) is 16.9. The summed E-state index contributed by atoms with van der Waals surface area (Å²) in [4.78, 5) is 7.06. The summed E-state index contributed by atoms with van der Waals surface area (Å²) < 4.78 is 10.8. The summed E-state index contributed by atoms with van der Waals surface area (Å²) in [5.41, 5.74) is 6.71. The van der Waals surface area contributed by atoms with E-state index in [4.69, 9.17) is 14.5 Å². The molecule has 2 aromatic carbocycles. The van der Waals surface area contributed by atoms with Gasteiger partial charge in [-0.15, -0.1) is 0 Å². The fourth-order valence-electron chi connectivity index (χ4n) is 3.35. The number of methoxy groups -OCH3 is 2. The molecule has 5 nitrogen and oxygen atoms in total. The summed E-state index contributed by atoms with van der Waals surface area (Å²) in [6, 6.07) is 10.3. The van der Waals surface area contributed by atoms with Gasteiger partial charge in [-0.3, -0.25) is 0 Å². The third-order valence-corrected chi connectivity index (χ3v) is 4.73. The minimum Gasteiger partial charge on any atom is -0.493 e. The predicted molar refractivity (Wildman–Crippen MR) is 111 cm³/mol. The second kappa shape index (κ2) is 7.74. The molecule has 27 heavy (non-hydrogen) atoms. The molecule has 1 N–H and O–H groups in total. The lowest BCUT2D eigenvalue weighted by molar-refractivity contribution is 0.355. The fraction of sp³-hybridized carbons (Fsp3) is 0.318. The number of amidine groups is 1. The SMILES string of the molecule is COc1ccc(C2=CC(=Nc3c(C)cc(C)cc3C)N(C)CN2)cc1OC. The topological polar surface area (TPSA) is 46.1 Å². The lowest BCUT2D eigenvalue weighted by Crippen LogP contribution is -2.39. The van der Waals surface area contributed by atoms with Crippen LogP contribution in [0.3, 0.4) is 0 Å². The van der Waals surface area contributed by atoms with Crippen molar-refractivity contribution < 1.29 is 9.47 Å². The van der Waals surface area contributed by atoms with Crippen molar-refractivity contribution in [3.05, 3.63) is 58.7 Å². The minimum absolute atomic E-state index is 0.683. The lowest BCUT2D eigenvalue weighted by atomic mass is 10.1. The van der Waals surface area contributed by atoms with E-state index in [-0.39, 0.29) is 0 Å². The standard InChI is InChI=1S/C22H27N3O2/c1-14-9-15(2)22(16(3)10-14)24-21-12-18(23-13-25(21)4)17-7-8-19(26-5)20(11-17)27-6/h7-12,23H,13H2,1-6H3. The maximum atomic E-state index is 5.43. The molecule has 1 aliphatic rings. The molecule has 0 spiro atoms. The number of aliphatic imine (C=N–C) groups is 1. The van der Waals surface area contributed by atoms with Crippen molar-refractivity contribution in [1.82, 2.24) is 10.2 Å². The summed E-state index contributed by atoms with van der Waals surface area (Å²) in [6.45, 7) is 7.02. The molecule has 1 heterocycles. The maximum Gasteiger partial charge on any atom is 0.161 e. The van der Waals surface area contributed by atoms with Gasteiger partial charge in [0.25, 0.3) is 0 Å². The van der Waals surface area contributed by atoms with Crippen molar-refractivity contribution >= 4 is 17.2 Å². The van der Waals surface area contributed by atoms with Crippen LogP contribution in [0.15, 0.2) is 41.4 Å². The zero-order valence-electron chi connectivity index (χ0n) is 16.9. The molecule has 2 aromatic rings. The number of ether oxygens (including phenoxy) is 2. The van der Waals surface area contributed by atoms with Gasteiger partial charge in [0.05, 0.1) is 26.6 Å². The second-order valence-corrected chi connectivity index (χ2v) is 6.88. The Morgan fingerprint density at radius 1 is 0.963 bits per heavy atom. The van der Waals surface area contributed by atoms with Crippen LogP contribution in [0.1, 0.15) is 22.3 Å². The Morgan fingerprint density at radius 3 is 2.26 bits per heavy atom. The molecule has 0 saturated carbocycles. The first-order valence-corrected chi connectivity index (χ1v) is 8.98. The third-order valence-electron chi connectivity index (χ3n) is 4.73. The molecule has 0 fully saturated rings. The van der Waals surface area contributed by atoms with E-state index in [1.54, 1.807) is 14.2 Å². The number of hydrogen-bond acceptors (Lipinski definition) is 4. The highest BCUT2D eigenvalue weighted by Gasteiger charge is 2.16. The summed E-state index contributed by atoms with van der Waals surface area (Å²) >= 11 is 0. The van der Waals surface area contributed by atoms with Crippen LogP contribution in [0, 0.1) is 20.8 Å². The van der Waals surface area contributed by atoms with E-state index < -0.39 is 0 Å². The van der Waals surface area contributed by atoms with E-state index >= 15 is 0 Å². The number of nitrogens with one attached hydrogen (secondary N) is 1. The van der Waals surface area contributed by atoms with Crippen LogP contribution in [0.2, 0.25) is 0 Å². The van der Waals surface area contributed by atoms with Gasteiger partial charge in [0.1, 0.15) is 5.84 Å². The molecule has 0 bridgehead atoms. The van der Waals surface area contributed by atoms with Crippen LogP contribution >= 0.6 is 0 Å². The van der Waals surface area contributed by atoms with Gasteiger partial charge >= 0.3 is 0 Å². The van der Waals surface area contributed by atoms with Gasteiger partial charge in [-0.1, -0.05) is 17.7 Å². The normalized spacial score (nSPS) is 15.4. The van der Waals surface area contributed by atoms with Gasteiger partial charge in [-0.25, -0.2) is 4.99 Å². The number of likely N-dealkylation sites (N-methyl/N-ethyl adjacent to an activating group) is 1. The van der Waals surface area contributed by atoms with Gasteiger partial charge in [0.2, 0.25) is 0 Å². The predicted octanol–water partition coefficient (Wildman–Crippen LogP) is 4.19. The molecule has 5 heteroatoms. The van der Waals surface area contributed by atoms with Gasteiger partial charge in [-0.2, -0.15) is 0 Å². The number of hydrogen-bond donors (Lipinski definition) is 1. The molecule has 0 amide bonds. The molecule has 142 valence electrons. The molecule has 0 aromatic heterocycles. The Hall–Kier alpha value is -2.95. The summed E-state index contributed by atoms with van der Waals surface area (Å²) in [5.74, 6) is 2.35. The van der Waals surface area contributed by atoms with Crippen molar-refractivity contribution in [3.63, 3.8) is 0 Å². The number of rotatable bonds is 4. The molecular formula is C22H27N3O2. The molecule has 0 saturated heterocycles. The first kappa shape index (κ1) is 18.8. The van der Waals surface area contributed by atoms with Crippen molar-refractivity contribution in [2.75, 3.05) is 27.9 Å². The van der Waals surface area contributed by atoms with E-state index in [2.05, 4.69) is 49.2 Å².